The Bertz CT molecular complexity index is 747. The van der Waals surface area contributed by atoms with Crippen molar-refractivity contribution in [3.05, 3.63) is 42.3 Å². The molecule has 0 atom stereocenters. The van der Waals surface area contributed by atoms with E-state index >= 15 is 0 Å². The summed E-state index contributed by atoms with van der Waals surface area (Å²) in [7, 11) is 1.61. The van der Waals surface area contributed by atoms with Crippen LogP contribution in [0, 0.1) is 6.20 Å². The van der Waals surface area contributed by atoms with E-state index in [0.717, 1.165) is 27.7 Å². The molecule has 101 valence electrons. The van der Waals surface area contributed by atoms with Crippen molar-refractivity contribution < 1.29 is 9.26 Å². The van der Waals surface area contributed by atoms with Crippen LogP contribution in [0.1, 0.15) is 25.3 Å². The van der Waals surface area contributed by atoms with Crippen molar-refractivity contribution in [3.8, 4) is 17.0 Å². The molecule has 4 nitrogen and oxygen atoms in total. The summed E-state index contributed by atoms with van der Waals surface area (Å²) in [5.74, 6) is 0.896. The monoisotopic (exact) mass is 267 g/mol. The predicted molar refractivity (Wildman–Crippen MR) is 76.7 cm³/mol. The van der Waals surface area contributed by atoms with Crippen LogP contribution in [0.15, 0.2) is 35.1 Å². The summed E-state index contributed by atoms with van der Waals surface area (Å²) in [4.78, 5) is 4.29. The van der Waals surface area contributed by atoms with E-state index in [1.807, 2.05) is 24.3 Å². The van der Waals surface area contributed by atoms with Gasteiger partial charge in [-0.3, -0.25) is 0 Å². The van der Waals surface area contributed by atoms with E-state index in [1.165, 1.54) is 0 Å². The van der Waals surface area contributed by atoms with Crippen LogP contribution in [-0.2, 0) is 0 Å². The number of fused-ring (bicyclic) bond motifs is 1. The molecule has 0 aliphatic heterocycles. The SMILES string of the molecule is COc1[c]nc2ccccc2c1-c1nocc1C(C)C. The summed E-state index contributed by atoms with van der Waals surface area (Å²) < 4.78 is 10.6. The first-order valence-corrected chi connectivity index (χ1v) is 6.51. The molecule has 0 saturated heterocycles. The summed E-state index contributed by atoms with van der Waals surface area (Å²) in [5.41, 5.74) is 3.59. The fraction of sp³-hybridized carbons (Fsp3) is 0.250. The number of hydrogen-bond acceptors (Lipinski definition) is 4. The normalized spacial score (nSPS) is 11.2. The zero-order chi connectivity index (χ0) is 14.1. The summed E-state index contributed by atoms with van der Waals surface area (Å²) in [6.45, 7) is 4.21. The van der Waals surface area contributed by atoms with Gasteiger partial charge in [0.25, 0.3) is 0 Å². The first kappa shape index (κ1) is 12.7. The first-order chi connectivity index (χ1) is 9.72. The molecule has 2 aromatic heterocycles. The Hall–Kier alpha value is -2.36. The molecule has 2 heterocycles. The maximum Gasteiger partial charge on any atom is 0.157 e. The van der Waals surface area contributed by atoms with Crippen molar-refractivity contribution in [2.24, 2.45) is 0 Å². The van der Waals surface area contributed by atoms with Crippen LogP contribution < -0.4 is 4.74 Å². The molecule has 20 heavy (non-hydrogen) atoms. The van der Waals surface area contributed by atoms with Crippen molar-refractivity contribution in [3.63, 3.8) is 0 Å². The number of methoxy groups -OCH3 is 1. The molecule has 0 bridgehead atoms. The van der Waals surface area contributed by atoms with Gasteiger partial charge in [0.05, 0.1) is 18.2 Å². The van der Waals surface area contributed by atoms with E-state index in [9.17, 15) is 0 Å². The molecule has 0 saturated carbocycles. The van der Waals surface area contributed by atoms with E-state index in [0.29, 0.717) is 11.7 Å². The lowest BCUT2D eigenvalue weighted by atomic mass is 9.97. The van der Waals surface area contributed by atoms with E-state index in [1.54, 1.807) is 13.4 Å². The van der Waals surface area contributed by atoms with Crippen LogP contribution in [0.5, 0.6) is 5.75 Å². The molecule has 0 unspecified atom stereocenters. The van der Waals surface area contributed by atoms with Crippen LogP contribution in [0.4, 0.5) is 0 Å². The maximum atomic E-state index is 5.41. The summed E-state index contributed by atoms with van der Waals surface area (Å²) >= 11 is 0. The van der Waals surface area contributed by atoms with Gasteiger partial charge in [0.1, 0.15) is 18.2 Å². The number of hydrogen-bond donors (Lipinski definition) is 0. The van der Waals surface area contributed by atoms with Crippen molar-refractivity contribution in [1.29, 1.82) is 0 Å². The Kier molecular flexibility index (Phi) is 3.14. The second kappa shape index (κ2) is 4.96. The van der Waals surface area contributed by atoms with Crippen molar-refractivity contribution in [1.82, 2.24) is 10.1 Å². The molecule has 1 aromatic carbocycles. The van der Waals surface area contributed by atoms with Gasteiger partial charge < -0.3 is 9.26 Å². The quantitative estimate of drug-likeness (QED) is 0.723. The number of rotatable bonds is 3. The highest BCUT2D eigenvalue weighted by Gasteiger charge is 2.20. The molecule has 0 N–H and O–H groups in total. The molecular formula is C16H15N2O2. The fourth-order valence-corrected chi connectivity index (χ4v) is 2.30. The minimum Gasteiger partial charge on any atom is -0.494 e. The lowest BCUT2D eigenvalue weighted by molar-refractivity contribution is 0.409. The van der Waals surface area contributed by atoms with Crippen molar-refractivity contribution in [2.45, 2.75) is 19.8 Å². The Morgan fingerprint density at radius 2 is 2.05 bits per heavy atom. The van der Waals surface area contributed by atoms with E-state index < -0.39 is 0 Å². The van der Waals surface area contributed by atoms with Gasteiger partial charge in [0.15, 0.2) is 5.75 Å². The zero-order valence-corrected chi connectivity index (χ0v) is 11.7. The molecule has 1 radical (unpaired) electrons. The van der Waals surface area contributed by atoms with E-state index in [4.69, 9.17) is 9.26 Å². The van der Waals surface area contributed by atoms with Crippen LogP contribution in [-0.4, -0.2) is 17.3 Å². The first-order valence-electron chi connectivity index (χ1n) is 6.51. The predicted octanol–water partition coefficient (Wildman–Crippen LogP) is 3.82. The van der Waals surface area contributed by atoms with Gasteiger partial charge in [-0.1, -0.05) is 37.2 Å². The molecule has 0 spiro atoms. The summed E-state index contributed by atoms with van der Waals surface area (Å²) in [6.07, 6.45) is 4.62. The van der Waals surface area contributed by atoms with Gasteiger partial charge in [-0.2, -0.15) is 0 Å². The second-order valence-electron chi connectivity index (χ2n) is 4.92. The van der Waals surface area contributed by atoms with Crippen molar-refractivity contribution in [2.75, 3.05) is 7.11 Å². The Morgan fingerprint density at radius 3 is 2.80 bits per heavy atom. The highest BCUT2D eigenvalue weighted by molar-refractivity contribution is 5.97. The van der Waals surface area contributed by atoms with Crippen LogP contribution in [0.25, 0.3) is 22.2 Å². The molecule has 0 amide bonds. The number of ether oxygens (including phenoxy) is 1. The number of aromatic nitrogens is 2. The molecule has 3 rings (SSSR count). The fourth-order valence-electron chi connectivity index (χ4n) is 2.30. The zero-order valence-electron chi connectivity index (χ0n) is 11.7. The van der Waals surface area contributed by atoms with Crippen LogP contribution in [0.2, 0.25) is 0 Å². The molecule has 0 aliphatic carbocycles. The third-order valence-corrected chi connectivity index (χ3v) is 3.34. The third kappa shape index (κ3) is 1.93. The smallest absolute Gasteiger partial charge is 0.157 e. The molecule has 0 aliphatic rings. The van der Waals surface area contributed by atoms with Crippen LogP contribution in [0.3, 0.4) is 0 Å². The van der Waals surface area contributed by atoms with Crippen molar-refractivity contribution >= 4 is 10.9 Å². The number of benzene rings is 1. The number of pyridine rings is 1. The molecule has 4 heteroatoms. The average molecular weight is 267 g/mol. The van der Waals surface area contributed by atoms with Crippen LogP contribution >= 0.6 is 0 Å². The minimum absolute atomic E-state index is 0.313. The standard InChI is InChI=1S/C16H15N2O2/c1-10(2)12-9-20-18-16(12)15-11-6-4-5-7-13(11)17-8-14(15)19-3/h4-7,9-10H,1-3H3. The summed E-state index contributed by atoms with van der Waals surface area (Å²) in [5, 5.41) is 5.15. The van der Waals surface area contributed by atoms with Gasteiger partial charge in [-0.05, 0) is 12.0 Å². The lowest BCUT2D eigenvalue weighted by Crippen LogP contribution is -1.96. The van der Waals surface area contributed by atoms with E-state index in [-0.39, 0.29) is 0 Å². The van der Waals surface area contributed by atoms with Gasteiger partial charge >= 0.3 is 0 Å². The highest BCUT2D eigenvalue weighted by atomic mass is 16.5. The molecular weight excluding hydrogens is 252 g/mol. The number of para-hydroxylation sites is 1. The Labute approximate surface area is 117 Å². The molecule has 3 aromatic rings. The molecule has 0 fully saturated rings. The topological polar surface area (TPSA) is 48.2 Å². The number of nitrogens with zero attached hydrogens (tertiary/aromatic N) is 2. The Balaban J connectivity index is 2.36. The van der Waals surface area contributed by atoms with Gasteiger partial charge in [0, 0.05) is 10.9 Å². The van der Waals surface area contributed by atoms with Gasteiger partial charge in [-0.15, -0.1) is 0 Å². The third-order valence-electron chi connectivity index (χ3n) is 3.34. The Morgan fingerprint density at radius 1 is 1.25 bits per heavy atom. The van der Waals surface area contributed by atoms with E-state index in [2.05, 4.69) is 30.2 Å². The minimum atomic E-state index is 0.313. The summed E-state index contributed by atoms with van der Waals surface area (Å²) in [6, 6.07) is 7.88. The van der Waals surface area contributed by atoms with Gasteiger partial charge in [-0.25, -0.2) is 4.98 Å². The second-order valence-corrected chi connectivity index (χ2v) is 4.92. The maximum absolute atomic E-state index is 5.41. The average Bonchev–Trinajstić information content (AvgIpc) is 2.95. The lowest BCUT2D eigenvalue weighted by Gasteiger charge is -2.11. The largest absolute Gasteiger partial charge is 0.494 e. The van der Waals surface area contributed by atoms with Gasteiger partial charge in [0.2, 0.25) is 0 Å². The highest BCUT2D eigenvalue weighted by Crippen LogP contribution is 2.38.